The van der Waals surface area contributed by atoms with Crippen LogP contribution in [0.5, 0.6) is 0 Å². The fraction of sp³-hybridized carbons (Fsp3) is 0.571. The SMILES string of the molecule is Cc1cc([C@H]2CCCN2C(=O)Nc2nnc(C(C)C)s2)on1. The molecular formula is C14H19N5O2S. The van der Waals surface area contributed by atoms with Crippen LogP contribution in [0.3, 0.4) is 0 Å². The quantitative estimate of drug-likeness (QED) is 0.937. The fourth-order valence-corrected chi connectivity index (χ4v) is 3.26. The summed E-state index contributed by atoms with van der Waals surface area (Å²) in [6, 6.07) is 1.67. The summed E-state index contributed by atoms with van der Waals surface area (Å²) < 4.78 is 5.32. The van der Waals surface area contributed by atoms with Crippen LogP contribution in [0.2, 0.25) is 0 Å². The molecule has 2 aromatic heterocycles. The molecule has 22 heavy (non-hydrogen) atoms. The lowest BCUT2D eigenvalue weighted by molar-refractivity contribution is 0.195. The number of carbonyl (C=O) groups excluding carboxylic acids is 1. The van der Waals surface area contributed by atoms with Crippen LogP contribution < -0.4 is 5.32 Å². The Labute approximate surface area is 132 Å². The van der Waals surface area contributed by atoms with Gasteiger partial charge >= 0.3 is 6.03 Å². The van der Waals surface area contributed by atoms with Gasteiger partial charge in [0.15, 0.2) is 5.76 Å². The Hall–Kier alpha value is -1.96. The second-order valence-corrected chi connectivity index (χ2v) is 6.76. The monoisotopic (exact) mass is 321 g/mol. The van der Waals surface area contributed by atoms with Gasteiger partial charge in [-0.1, -0.05) is 30.3 Å². The van der Waals surface area contributed by atoms with Crippen molar-refractivity contribution in [3.63, 3.8) is 0 Å². The maximum atomic E-state index is 12.5. The molecule has 0 radical (unpaired) electrons. The zero-order valence-corrected chi connectivity index (χ0v) is 13.7. The number of rotatable bonds is 3. The molecule has 3 heterocycles. The summed E-state index contributed by atoms with van der Waals surface area (Å²) in [5.41, 5.74) is 0.827. The van der Waals surface area contributed by atoms with E-state index in [1.54, 1.807) is 4.90 Å². The number of carbonyl (C=O) groups is 1. The van der Waals surface area contributed by atoms with Crippen molar-refractivity contribution < 1.29 is 9.32 Å². The Bertz CT molecular complexity index is 666. The van der Waals surface area contributed by atoms with Gasteiger partial charge < -0.3 is 9.42 Å². The van der Waals surface area contributed by atoms with E-state index in [0.29, 0.717) is 17.6 Å². The highest BCUT2D eigenvalue weighted by molar-refractivity contribution is 7.15. The first-order valence-electron chi connectivity index (χ1n) is 7.39. The zero-order valence-electron chi connectivity index (χ0n) is 12.9. The minimum atomic E-state index is -0.164. The smallest absolute Gasteiger partial charge is 0.324 e. The number of likely N-dealkylation sites (tertiary alicyclic amines) is 1. The van der Waals surface area contributed by atoms with Crippen LogP contribution in [-0.4, -0.2) is 32.8 Å². The number of aryl methyl sites for hydroxylation is 1. The number of hydrogen-bond donors (Lipinski definition) is 1. The molecule has 0 aromatic carbocycles. The molecule has 118 valence electrons. The van der Waals surface area contributed by atoms with Crippen LogP contribution in [0.15, 0.2) is 10.6 Å². The van der Waals surface area contributed by atoms with E-state index in [9.17, 15) is 4.79 Å². The number of anilines is 1. The molecule has 7 nitrogen and oxygen atoms in total. The Kier molecular flexibility index (Phi) is 4.10. The van der Waals surface area contributed by atoms with Crippen LogP contribution in [0.25, 0.3) is 0 Å². The fourth-order valence-electron chi connectivity index (χ4n) is 2.53. The second-order valence-electron chi connectivity index (χ2n) is 5.75. The molecule has 0 saturated carbocycles. The third-order valence-electron chi connectivity index (χ3n) is 3.64. The third kappa shape index (κ3) is 2.96. The van der Waals surface area contributed by atoms with E-state index in [-0.39, 0.29) is 12.1 Å². The minimum absolute atomic E-state index is 0.0568. The van der Waals surface area contributed by atoms with Crippen molar-refractivity contribution in [1.29, 1.82) is 0 Å². The summed E-state index contributed by atoms with van der Waals surface area (Å²) in [5.74, 6) is 1.05. The first kappa shape index (κ1) is 15.0. The van der Waals surface area contributed by atoms with E-state index in [4.69, 9.17) is 4.52 Å². The highest BCUT2D eigenvalue weighted by atomic mass is 32.1. The van der Waals surface area contributed by atoms with Crippen molar-refractivity contribution in [2.45, 2.75) is 45.6 Å². The summed E-state index contributed by atoms with van der Waals surface area (Å²) in [5, 5.41) is 16.3. The molecule has 1 aliphatic heterocycles. The zero-order chi connectivity index (χ0) is 15.7. The Morgan fingerprint density at radius 3 is 2.95 bits per heavy atom. The van der Waals surface area contributed by atoms with E-state index >= 15 is 0 Å². The summed E-state index contributed by atoms with van der Waals surface area (Å²) in [6.45, 7) is 6.68. The first-order valence-corrected chi connectivity index (χ1v) is 8.20. The number of nitrogens with one attached hydrogen (secondary N) is 1. The van der Waals surface area contributed by atoms with Gasteiger partial charge in [-0.15, -0.1) is 10.2 Å². The summed E-state index contributed by atoms with van der Waals surface area (Å²) in [6.07, 6.45) is 1.83. The van der Waals surface area contributed by atoms with Gasteiger partial charge in [0.05, 0.1) is 11.7 Å². The lowest BCUT2D eigenvalue weighted by Crippen LogP contribution is -2.34. The molecule has 8 heteroatoms. The van der Waals surface area contributed by atoms with E-state index in [1.807, 2.05) is 13.0 Å². The molecule has 0 unspecified atom stereocenters. The lowest BCUT2D eigenvalue weighted by atomic mass is 10.1. The Morgan fingerprint density at radius 1 is 1.50 bits per heavy atom. The number of aromatic nitrogens is 3. The van der Waals surface area contributed by atoms with E-state index in [1.165, 1.54) is 11.3 Å². The van der Waals surface area contributed by atoms with E-state index in [2.05, 4.69) is 34.5 Å². The van der Waals surface area contributed by atoms with Gasteiger partial charge in [-0.25, -0.2) is 4.79 Å². The molecule has 0 bridgehead atoms. The summed E-state index contributed by atoms with van der Waals surface area (Å²) in [7, 11) is 0. The molecule has 2 amide bonds. The standard InChI is InChI=1S/C14H19N5O2S/c1-8(2)12-16-17-13(22-12)15-14(20)19-6-4-5-10(19)11-7-9(3)18-21-11/h7-8,10H,4-6H2,1-3H3,(H,15,17,20)/t10-/m1/s1. The van der Waals surface area contributed by atoms with Gasteiger partial charge in [-0.05, 0) is 19.8 Å². The van der Waals surface area contributed by atoms with Gasteiger partial charge in [0.25, 0.3) is 0 Å². The lowest BCUT2D eigenvalue weighted by Gasteiger charge is -2.22. The Morgan fingerprint density at radius 2 is 2.32 bits per heavy atom. The number of nitrogens with zero attached hydrogens (tertiary/aromatic N) is 4. The van der Waals surface area contributed by atoms with E-state index < -0.39 is 0 Å². The predicted octanol–water partition coefficient (Wildman–Crippen LogP) is 3.33. The van der Waals surface area contributed by atoms with Crippen LogP contribution in [0.4, 0.5) is 9.93 Å². The highest BCUT2D eigenvalue weighted by Gasteiger charge is 2.33. The maximum absolute atomic E-state index is 12.5. The molecule has 3 rings (SSSR count). The predicted molar refractivity (Wildman–Crippen MR) is 82.9 cm³/mol. The second kappa shape index (κ2) is 6.04. The number of amides is 2. The van der Waals surface area contributed by atoms with Crippen molar-refractivity contribution >= 4 is 22.5 Å². The molecule has 1 fully saturated rings. The van der Waals surface area contributed by atoms with Crippen LogP contribution in [-0.2, 0) is 0 Å². The van der Waals surface area contributed by atoms with Gasteiger partial charge in [-0.3, -0.25) is 5.32 Å². The largest absolute Gasteiger partial charge is 0.359 e. The summed E-state index contributed by atoms with van der Waals surface area (Å²) in [4.78, 5) is 14.3. The molecule has 1 saturated heterocycles. The Balaban J connectivity index is 1.70. The normalized spacial score (nSPS) is 18.2. The molecule has 2 aromatic rings. The van der Waals surface area contributed by atoms with Crippen molar-refractivity contribution in [3.8, 4) is 0 Å². The molecule has 1 N–H and O–H groups in total. The van der Waals surface area contributed by atoms with Crippen LogP contribution in [0, 0.1) is 6.92 Å². The van der Waals surface area contributed by atoms with Gasteiger partial charge in [0.2, 0.25) is 5.13 Å². The van der Waals surface area contributed by atoms with Crippen LogP contribution in [0.1, 0.15) is 55.1 Å². The van der Waals surface area contributed by atoms with Gasteiger partial charge in [0, 0.05) is 18.5 Å². The molecule has 0 aliphatic carbocycles. The average Bonchev–Trinajstić information content (AvgIpc) is 3.16. The highest BCUT2D eigenvalue weighted by Crippen LogP contribution is 2.33. The van der Waals surface area contributed by atoms with Gasteiger partial charge in [0.1, 0.15) is 5.01 Å². The van der Waals surface area contributed by atoms with Crippen molar-refractivity contribution in [1.82, 2.24) is 20.3 Å². The minimum Gasteiger partial charge on any atom is -0.359 e. The van der Waals surface area contributed by atoms with E-state index in [0.717, 1.165) is 29.3 Å². The average molecular weight is 321 g/mol. The number of hydrogen-bond acceptors (Lipinski definition) is 6. The van der Waals surface area contributed by atoms with Crippen molar-refractivity contribution in [2.75, 3.05) is 11.9 Å². The molecule has 0 spiro atoms. The molecular weight excluding hydrogens is 302 g/mol. The maximum Gasteiger partial charge on any atom is 0.324 e. The summed E-state index contributed by atoms with van der Waals surface area (Å²) >= 11 is 1.41. The van der Waals surface area contributed by atoms with Crippen molar-refractivity contribution in [3.05, 3.63) is 22.5 Å². The first-order chi connectivity index (χ1) is 10.5. The van der Waals surface area contributed by atoms with Crippen molar-refractivity contribution in [2.24, 2.45) is 0 Å². The van der Waals surface area contributed by atoms with Gasteiger partial charge in [-0.2, -0.15) is 0 Å². The topological polar surface area (TPSA) is 84.2 Å². The van der Waals surface area contributed by atoms with Crippen LogP contribution >= 0.6 is 11.3 Å². The molecule has 1 aliphatic rings. The molecule has 1 atom stereocenters. The third-order valence-corrected chi connectivity index (χ3v) is 4.78. The number of urea groups is 1.